The zero-order chi connectivity index (χ0) is 12.5. The third-order valence-electron chi connectivity index (χ3n) is 3.04. The van der Waals surface area contributed by atoms with Gasteiger partial charge >= 0.3 is 0 Å². The highest BCUT2D eigenvalue weighted by Crippen LogP contribution is 2.35. The lowest BCUT2D eigenvalue weighted by atomic mass is 9.98. The van der Waals surface area contributed by atoms with Gasteiger partial charge in [0.2, 0.25) is 0 Å². The van der Waals surface area contributed by atoms with Gasteiger partial charge in [-0.3, -0.25) is 0 Å². The Kier molecular flexibility index (Phi) is 3.29. The van der Waals surface area contributed by atoms with Crippen LogP contribution in [-0.4, -0.2) is 18.8 Å². The molecule has 1 fully saturated rings. The average molecular weight is 236 g/mol. The highest BCUT2D eigenvalue weighted by Gasteiger charge is 2.23. The van der Waals surface area contributed by atoms with Crippen LogP contribution >= 0.6 is 0 Å². The summed E-state index contributed by atoms with van der Waals surface area (Å²) in [5, 5.41) is 9.93. The molecule has 0 spiro atoms. The molecule has 0 bridgehead atoms. The number of ether oxygens (including phenoxy) is 2. The fourth-order valence-corrected chi connectivity index (χ4v) is 1.66. The van der Waals surface area contributed by atoms with Crippen molar-refractivity contribution in [2.75, 3.05) is 13.7 Å². The summed E-state index contributed by atoms with van der Waals surface area (Å²) in [7, 11) is 1.62. The molecule has 1 N–H and O–H groups in total. The first kappa shape index (κ1) is 12.2. The summed E-state index contributed by atoms with van der Waals surface area (Å²) in [6.45, 7) is 4.28. The van der Waals surface area contributed by atoms with E-state index in [1.165, 1.54) is 12.8 Å². The average Bonchev–Trinajstić information content (AvgIpc) is 3.08. The van der Waals surface area contributed by atoms with Gasteiger partial charge < -0.3 is 14.6 Å². The molecule has 3 heteroatoms. The zero-order valence-electron chi connectivity index (χ0n) is 10.7. The maximum absolute atomic E-state index is 9.93. The summed E-state index contributed by atoms with van der Waals surface area (Å²) in [6, 6.07) is 5.58. The topological polar surface area (TPSA) is 38.7 Å². The van der Waals surface area contributed by atoms with Crippen molar-refractivity contribution in [3.05, 3.63) is 23.8 Å². The van der Waals surface area contributed by atoms with E-state index in [0.29, 0.717) is 11.7 Å². The first-order chi connectivity index (χ1) is 8.00. The van der Waals surface area contributed by atoms with Gasteiger partial charge in [-0.05, 0) is 50.3 Å². The molecular weight excluding hydrogens is 216 g/mol. The third-order valence-corrected chi connectivity index (χ3v) is 3.04. The van der Waals surface area contributed by atoms with Crippen LogP contribution in [0.3, 0.4) is 0 Å². The Morgan fingerprint density at radius 1 is 1.29 bits per heavy atom. The van der Waals surface area contributed by atoms with Crippen LogP contribution in [-0.2, 0) is 5.60 Å². The highest BCUT2D eigenvalue weighted by atomic mass is 16.5. The molecule has 0 radical (unpaired) electrons. The molecule has 1 aliphatic carbocycles. The second kappa shape index (κ2) is 4.57. The molecule has 17 heavy (non-hydrogen) atoms. The quantitative estimate of drug-likeness (QED) is 0.854. The smallest absolute Gasteiger partial charge is 0.161 e. The van der Waals surface area contributed by atoms with Crippen LogP contribution in [0, 0.1) is 5.92 Å². The zero-order valence-corrected chi connectivity index (χ0v) is 10.7. The molecule has 3 nitrogen and oxygen atoms in total. The molecule has 1 aliphatic rings. The Balaban J connectivity index is 2.15. The molecule has 0 aliphatic heterocycles. The molecule has 0 unspecified atom stereocenters. The van der Waals surface area contributed by atoms with Crippen molar-refractivity contribution in [3.63, 3.8) is 0 Å². The van der Waals surface area contributed by atoms with Gasteiger partial charge in [0.25, 0.3) is 0 Å². The SMILES string of the molecule is COc1cc(C(C)(C)O)ccc1OCC1CC1. The van der Waals surface area contributed by atoms with Crippen molar-refractivity contribution in [2.24, 2.45) is 5.92 Å². The molecule has 0 aromatic heterocycles. The normalized spacial score (nSPS) is 15.8. The van der Waals surface area contributed by atoms with E-state index in [1.54, 1.807) is 21.0 Å². The monoisotopic (exact) mass is 236 g/mol. The molecule has 0 amide bonds. The summed E-state index contributed by atoms with van der Waals surface area (Å²) < 4.78 is 11.0. The van der Waals surface area contributed by atoms with Gasteiger partial charge in [-0.1, -0.05) is 6.07 Å². The standard InChI is InChI=1S/C14H20O3/c1-14(2,15)11-6-7-12(13(8-11)16-3)17-9-10-4-5-10/h6-8,10,15H,4-5,9H2,1-3H3. The molecule has 1 aromatic carbocycles. The second-order valence-corrected chi connectivity index (χ2v) is 5.18. The number of aliphatic hydroxyl groups is 1. The molecule has 0 atom stereocenters. The van der Waals surface area contributed by atoms with Gasteiger partial charge in [-0.15, -0.1) is 0 Å². The molecule has 0 saturated heterocycles. The van der Waals surface area contributed by atoms with Gasteiger partial charge in [0.05, 0.1) is 19.3 Å². The van der Waals surface area contributed by atoms with Gasteiger partial charge in [0, 0.05) is 0 Å². The summed E-state index contributed by atoms with van der Waals surface area (Å²) in [6.07, 6.45) is 2.54. The Morgan fingerprint density at radius 2 is 2.00 bits per heavy atom. The van der Waals surface area contributed by atoms with Gasteiger partial charge in [-0.2, -0.15) is 0 Å². The maximum Gasteiger partial charge on any atom is 0.161 e. The molecule has 0 heterocycles. The fourth-order valence-electron chi connectivity index (χ4n) is 1.66. The fraction of sp³-hybridized carbons (Fsp3) is 0.571. The van der Waals surface area contributed by atoms with Crippen molar-refractivity contribution >= 4 is 0 Å². The van der Waals surface area contributed by atoms with Crippen molar-refractivity contribution in [2.45, 2.75) is 32.3 Å². The Morgan fingerprint density at radius 3 is 2.53 bits per heavy atom. The third kappa shape index (κ3) is 3.13. The van der Waals surface area contributed by atoms with Crippen LogP contribution in [0.4, 0.5) is 0 Å². The summed E-state index contributed by atoms with van der Waals surface area (Å²) in [5.74, 6) is 2.16. The Hall–Kier alpha value is -1.22. The Bertz CT molecular complexity index is 389. The van der Waals surface area contributed by atoms with E-state index in [1.807, 2.05) is 18.2 Å². The minimum Gasteiger partial charge on any atom is -0.493 e. The van der Waals surface area contributed by atoms with E-state index >= 15 is 0 Å². The lowest BCUT2D eigenvalue weighted by Crippen LogP contribution is -2.15. The van der Waals surface area contributed by atoms with Crippen molar-refractivity contribution < 1.29 is 14.6 Å². The number of hydrogen-bond acceptors (Lipinski definition) is 3. The number of methoxy groups -OCH3 is 1. The first-order valence-electron chi connectivity index (χ1n) is 6.04. The predicted octanol–water partition coefficient (Wildman–Crippen LogP) is 2.71. The van der Waals surface area contributed by atoms with E-state index in [4.69, 9.17) is 9.47 Å². The van der Waals surface area contributed by atoms with Gasteiger partial charge in [0.1, 0.15) is 0 Å². The van der Waals surface area contributed by atoms with Gasteiger partial charge in [-0.25, -0.2) is 0 Å². The molecule has 1 saturated carbocycles. The van der Waals surface area contributed by atoms with Crippen LogP contribution in [0.5, 0.6) is 11.5 Å². The van der Waals surface area contributed by atoms with E-state index in [2.05, 4.69) is 0 Å². The predicted molar refractivity (Wildman–Crippen MR) is 66.5 cm³/mol. The van der Waals surface area contributed by atoms with Crippen LogP contribution in [0.1, 0.15) is 32.3 Å². The maximum atomic E-state index is 9.93. The molecule has 94 valence electrons. The van der Waals surface area contributed by atoms with Gasteiger partial charge in [0.15, 0.2) is 11.5 Å². The second-order valence-electron chi connectivity index (χ2n) is 5.18. The molecular formula is C14H20O3. The van der Waals surface area contributed by atoms with E-state index in [-0.39, 0.29) is 0 Å². The number of hydrogen-bond donors (Lipinski definition) is 1. The number of benzene rings is 1. The minimum atomic E-state index is -0.859. The summed E-state index contributed by atoms with van der Waals surface area (Å²) in [4.78, 5) is 0. The van der Waals surface area contributed by atoms with E-state index in [0.717, 1.165) is 17.9 Å². The summed E-state index contributed by atoms with van der Waals surface area (Å²) in [5.41, 5.74) is -0.0319. The van der Waals surface area contributed by atoms with Crippen molar-refractivity contribution in [1.29, 1.82) is 0 Å². The lowest BCUT2D eigenvalue weighted by Gasteiger charge is -2.19. The van der Waals surface area contributed by atoms with Crippen molar-refractivity contribution in [3.8, 4) is 11.5 Å². The van der Waals surface area contributed by atoms with E-state index in [9.17, 15) is 5.11 Å². The number of rotatable bonds is 5. The largest absolute Gasteiger partial charge is 0.493 e. The lowest BCUT2D eigenvalue weighted by molar-refractivity contribution is 0.0782. The van der Waals surface area contributed by atoms with Crippen LogP contribution in [0.15, 0.2) is 18.2 Å². The highest BCUT2D eigenvalue weighted by molar-refractivity contribution is 5.44. The molecule has 2 rings (SSSR count). The van der Waals surface area contributed by atoms with Crippen LogP contribution < -0.4 is 9.47 Å². The summed E-state index contributed by atoms with van der Waals surface area (Å²) >= 11 is 0. The Labute approximate surface area is 102 Å². The molecule has 1 aromatic rings. The van der Waals surface area contributed by atoms with E-state index < -0.39 is 5.60 Å². The first-order valence-corrected chi connectivity index (χ1v) is 6.04. The van der Waals surface area contributed by atoms with Crippen LogP contribution in [0.25, 0.3) is 0 Å². The van der Waals surface area contributed by atoms with Crippen molar-refractivity contribution in [1.82, 2.24) is 0 Å². The minimum absolute atomic E-state index is 0.685. The van der Waals surface area contributed by atoms with Crippen LogP contribution in [0.2, 0.25) is 0 Å².